The molecule has 6 heteroatoms. The summed E-state index contributed by atoms with van der Waals surface area (Å²) in [5.41, 5.74) is 3.69. The number of hydrogen-bond donors (Lipinski definition) is 2. The van der Waals surface area contributed by atoms with Crippen molar-refractivity contribution in [3.05, 3.63) is 53.4 Å². The standard InChI is InChI=1S/C26H29N3O2S/c30-26(27-23-17-28-9-7-18(23)8-10-28)24-16-20-4-2-6-22(25(20)32-24)19-3-1-5-21(15-19)29-11-13-31-14-12-29/h1-6,15-16,18,23H,7-14,17H2,(H,27,30)/p+1/t23-/m0/s1. The molecule has 0 unspecified atom stereocenters. The molecule has 166 valence electrons. The smallest absolute Gasteiger partial charge is 0.376 e. The minimum atomic E-state index is 0.331. The van der Waals surface area contributed by atoms with Crippen LogP contribution in [0.15, 0.2) is 48.5 Å². The van der Waals surface area contributed by atoms with Crippen molar-refractivity contribution in [3.8, 4) is 11.1 Å². The van der Waals surface area contributed by atoms with Gasteiger partial charge in [0.1, 0.15) is 4.88 Å². The average molecular weight is 449 g/mol. The summed E-state index contributed by atoms with van der Waals surface area (Å²) in [7, 11) is 0. The van der Waals surface area contributed by atoms with Crippen molar-refractivity contribution in [3.63, 3.8) is 0 Å². The van der Waals surface area contributed by atoms with Crippen molar-refractivity contribution in [2.45, 2.75) is 18.9 Å². The average Bonchev–Trinajstić information content (AvgIpc) is 3.30. The van der Waals surface area contributed by atoms with Crippen molar-refractivity contribution in [1.29, 1.82) is 0 Å². The molecule has 2 bridgehead atoms. The number of nitrogens with one attached hydrogen (secondary N) is 1. The quantitative estimate of drug-likeness (QED) is 0.476. The first-order valence-corrected chi connectivity index (χ1v) is 12.6. The highest BCUT2D eigenvalue weighted by Crippen LogP contribution is 2.36. The first-order valence-electron chi connectivity index (χ1n) is 11.8. The van der Waals surface area contributed by atoms with E-state index in [0.29, 0.717) is 17.9 Å². The molecule has 0 amide bonds. The molecule has 5 heterocycles. The summed E-state index contributed by atoms with van der Waals surface area (Å²) in [5, 5.41) is 12.1. The van der Waals surface area contributed by atoms with Crippen molar-refractivity contribution in [1.82, 2.24) is 4.90 Å². The molecule has 2 aromatic carbocycles. The van der Waals surface area contributed by atoms with Gasteiger partial charge >= 0.3 is 5.90 Å². The van der Waals surface area contributed by atoms with Crippen LogP contribution in [0, 0.1) is 5.92 Å². The summed E-state index contributed by atoms with van der Waals surface area (Å²) in [4.78, 5) is 9.29. The van der Waals surface area contributed by atoms with Crippen LogP contribution in [0.5, 0.6) is 0 Å². The van der Waals surface area contributed by atoms with E-state index in [2.05, 4.69) is 63.3 Å². The van der Waals surface area contributed by atoms with E-state index in [1.54, 1.807) is 11.3 Å². The molecule has 5 nitrogen and oxygen atoms in total. The minimum absolute atomic E-state index is 0.331. The van der Waals surface area contributed by atoms with Crippen LogP contribution in [0.3, 0.4) is 0 Å². The van der Waals surface area contributed by atoms with Crippen LogP contribution in [-0.4, -0.2) is 67.9 Å². The first kappa shape index (κ1) is 20.2. The summed E-state index contributed by atoms with van der Waals surface area (Å²) < 4.78 is 6.74. The zero-order valence-electron chi connectivity index (χ0n) is 18.3. The number of fused-ring (bicyclic) bond motifs is 4. The molecular weight excluding hydrogens is 418 g/mol. The molecule has 4 aliphatic heterocycles. The SMILES string of the molecule is OC(=[NH+][C@H]1CN2CCC1CC2)c1cc2cccc(-c3cccc(N4CCOCC4)c3)c2s1. The van der Waals surface area contributed by atoms with E-state index in [-0.39, 0.29) is 0 Å². The van der Waals surface area contributed by atoms with E-state index >= 15 is 0 Å². The number of rotatable bonds is 4. The van der Waals surface area contributed by atoms with Crippen molar-refractivity contribution >= 4 is 33.0 Å². The maximum atomic E-state index is 11.0. The lowest BCUT2D eigenvalue weighted by Crippen LogP contribution is -2.86. The second-order valence-corrected chi connectivity index (χ2v) is 10.3. The van der Waals surface area contributed by atoms with Gasteiger partial charge in [-0.05, 0) is 60.6 Å². The van der Waals surface area contributed by atoms with Gasteiger partial charge in [-0.1, -0.05) is 30.3 Å². The highest BCUT2D eigenvalue weighted by molar-refractivity contribution is 7.21. The second-order valence-electron chi connectivity index (χ2n) is 9.22. The predicted octanol–water partition coefficient (Wildman–Crippen LogP) is 2.88. The van der Waals surface area contributed by atoms with Gasteiger partial charge in [-0.25, -0.2) is 4.99 Å². The Hall–Kier alpha value is -2.41. The van der Waals surface area contributed by atoms with Gasteiger partial charge in [0.05, 0.1) is 19.8 Å². The molecule has 0 spiro atoms. The van der Waals surface area contributed by atoms with Crippen LogP contribution >= 0.6 is 11.3 Å². The largest absolute Gasteiger partial charge is 0.459 e. The third kappa shape index (κ3) is 3.81. The Morgan fingerprint density at radius 2 is 1.81 bits per heavy atom. The van der Waals surface area contributed by atoms with E-state index in [4.69, 9.17) is 4.74 Å². The predicted molar refractivity (Wildman–Crippen MR) is 131 cm³/mol. The number of nitrogens with zero attached hydrogens (tertiary/aromatic N) is 2. The molecule has 3 aromatic rings. The van der Waals surface area contributed by atoms with Gasteiger partial charge in [0.25, 0.3) is 0 Å². The Morgan fingerprint density at radius 1 is 1.00 bits per heavy atom. The molecule has 1 aromatic heterocycles. The lowest BCUT2D eigenvalue weighted by molar-refractivity contribution is -0.529. The number of benzene rings is 2. The Kier molecular flexibility index (Phi) is 5.37. The monoisotopic (exact) mass is 448 g/mol. The number of morpholine rings is 1. The summed E-state index contributed by atoms with van der Waals surface area (Å²) in [6, 6.07) is 17.7. The Morgan fingerprint density at radius 3 is 2.59 bits per heavy atom. The highest BCUT2D eigenvalue weighted by atomic mass is 32.1. The number of piperidine rings is 3. The highest BCUT2D eigenvalue weighted by Gasteiger charge is 2.38. The summed E-state index contributed by atoms with van der Waals surface area (Å²) in [5.74, 6) is 1.01. The van der Waals surface area contributed by atoms with Gasteiger partial charge in [0.2, 0.25) is 0 Å². The second kappa shape index (κ2) is 8.50. The fraction of sp³-hybridized carbons (Fsp3) is 0.423. The molecule has 4 fully saturated rings. The Bertz CT molecular complexity index is 1140. The maximum absolute atomic E-state index is 11.0. The van der Waals surface area contributed by atoms with E-state index in [1.807, 2.05) is 0 Å². The summed E-state index contributed by atoms with van der Waals surface area (Å²) in [6.45, 7) is 6.90. The maximum Gasteiger partial charge on any atom is 0.376 e. The molecule has 7 rings (SSSR count). The van der Waals surface area contributed by atoms with Crippen LogP contribution in [0.1, 0.15) is 17.7 Å². The third-order valence-electron chi connectivity index (χ3n) is 7.29. The topological polar surface area (TPSA) is 49.9 Å². The summed E-state index contributed by atoms with van der Waals surface area (Å²) >= 11 is 1.68. The van der Waals surface area contributed by atoms with Crippen LogP contribution < -0.4 is 9.89 Å². The normalized spacial score (nSPS) is 26.1. The van der Waals surface area contributed by atoms with Crippen molar-refractivity contribution in [2.75, 3.05) is 50.8 Å². The first-order chi connectivity index (χ1) is 15.7. The molecule has 32 heavy (non-hydrogen) atoms. The van der Waals surface area contributed by atoms with Crippen LogP contribution in [-0.2, 0) is 4.74 Å². The van der Waals surface area contributed by atoms with Gasteiger partial charge in [0, 0.05) is 29.4 Å². The fourth-order valence-corrected chi connectivity index (χ4v) is 6.58. The van der Waals surface area contributed by atoms with E-state index in [1.165, 1.54) is 52.8 Å². The van der Waals surface area contributed by atoms with E-state index in [9.17, 15) is 5.11 Å². The van der Waals surface area contributed by atoms with Gasteiger partial charge in [0.15, 0.2) is 6.04 Å². The van der Waals surface area contributed by atoms with Crippen LogP contribution in [0.2, 0.25) is 0 Å². The third-order valence-corrected chi connectivity index (χ3v) is 8.48. The lowest BCUT2D eigenvalue weighted by Gasteiger charge is -2.40. The molecule has 4 saturated heterocycles. The van der Waals surface area contributed by atoms with Gasteiger partial charge in [-0.15, -0.1) is 11.3 Å². The van der Waals surface area contributed by atoms with E-state index in [0.717, 1.165) is 37.7 Å². The molecule has 4 aliphatic rings. The zero-order chi connectivity index (χ0) is 21.5. The minimum Gasteiger partial charge on any atom is -0.459 e. The van der Waals surface area contributed by atoms with Crippen LogP contribution in [0.4, 0.5) is 5.69 Å². The van der Waals surface area contributed by atoms with Crippen LogP contribution in [0.25, 0.3) is 21.2 Å². The lowest BCUT2D eigenvalue weighted by atomic mass is 9.84. The van der Waals surface area contributed by atoms with E-state index < -0.39 is 0 Å². The molecule has 0 aliphatic carbocycles. The molecular formula is C26H30N3O2S+. The molecule has 0 saturated carbocycles. The number of aliphatic hydroxyl groups is 1. The summed E-state index contributed by atoms with van der Waals surface area (Å²) in [6.07, 6.45) is 2.47. The number of ether oxygens (including phenoxy) is 1. The zero-order valence-corrected chi connectivity index (χ0v) is 19.1. The fourth-order valence-electron chi connectivity index (χ4n) is 5.47. The van der Waals surface area contributed by atoms with Gasteiger partial charge < -0.3 is 14.7 Å². The van der Waals surface area contributed by atoms with Crippen molar-refractivity contribution in [2.24, 2.45) is 5.92 Å². The molecule has 2 N–H and O–H groups in total. The number of aliphatic hydroxyl groups excluding tert-OH is 1. The number of hydrogen-bond acceptors (Lipinski definition) is 4. The Labute approximate surface area is 192 Å². The van der Waals surface area contributed by atoms with Gasteiger partial charge in [-0.3, -0.25) is 4.90 Å². The van der Waals surface area contributed by atoms with Gasteiger partial charge in [-0.2, -0.15) is 0 Å². The molecule has 0 radical (unpaired) electrons. The number of anilines is 1. The number of thiophene rings is 1. The molecule has 1 atom stereocenters. The Balaban J connectivity index is 1.32. The van der Waals surface area contributed by atoms with Crippen molar-refractivity contribution < 1.29 is 14.8 Å².